The minimum absolute atomic E-state index is 0.219. The van der Waals surface area contributed by atoms with Crippen LogP contribution in [0.2, 0.25) is 0 Å². The molecule has 3 heterocycles. The lowest BCUT2D eigenvalue weighted by Crippen LogP contribution is -2.09. The lowest BCUT2D eigenvalue weighted by Gasteiger charge is -2.03. The van der Waals surface area contributed by atoms with Crippen LogP contribution in [-0.4, -0.2) is 21.0 Å². The fourth-order valence-corrected chi connectivity index (χ4v) is 3.51. The van der Waals surface area contributed by atoms with E-state index in [2.05, 4.69) is 9.97 Å². The number of benzene rings is 1. The van der Waals surface area contributed by atoms with Crippen LogP contribution in [0.4, 0.5) is 0 Å². The van der Waals surface area contributed by atoms with Crippen molar-refractivity contribution in [2.75, 3.05) is 6.61 Å². The first-order chi connectivity index (χ1) is 10.3. The van der Waals surface area contributed by atoms with E-state index in [-0.39, 0.29) is 5.56 Å². The van der Waals surface area contributed by atoms with Crippen molar-refractivity contribution in [1.82, 2.24) is 14.4 Å². The van der Waals surface area contributed by atoms with Gasteiger partial charge in [-0.25, -0.2) is 0 Å². The molecular formula is C15H11N3O2S. The second-order valence-electron chi connectivity index (χ2n) is 4.59. The van der Waals surface area contributed by atoms with Crippen molar-refractivity contribution in [1.29, 1.82) is 0 Å². The van der Waals surface area contributed by atoms with E-state index in [0.29, 0.717) is 17.0 Å². The van der Waals surface area contributed by atoms with Gasteiger partial charge in [-0.3, -0.25) is 14.2 Å². The Labute approximate surface area is 123 Å². The van der Waals surface area contributed by atoms with Gasteiger partial charge in [0.15, 0.2) is 4.96 Å². The highest BCUT2D eigenvalue weighted by atomic mass is 32.1. The Morgan fingerprint density at radius 1 is 1.29 bits per heavy atom. The van der Waals surface area contributed by atoms with Crippen molar-refractivity contribution in [2.24, 2.45) is 0 Å². The number of hydrogen-bond acceptors (Lipinski definition) is 5. The zero-order valence-corrected chi connectivity index (χ0v) is 12.1. The van der Waals surface area contributed by atoms with Crippen molar-refractivity contribution in [3.8, 4) is 5.75 Å². The van der Waals surface area contributed by atoms with E-state index >= 15 is 0 Å². The highest BCUT2D eigenvalue weighted by molar-refractivity contribution is 7.23. The van der Waals surface area contributed by atoms with Crippen LogP contribution in [0.3, 0.4) is 0 Å². The summed E-state index contributed by atoms with van der Waals surface area (Å²) in [6.07, 6.45) is 3.31. The third kappa shape index (κ3) is 1.80. The lowest BCUT2D eigenvalue weighted by molar-refractivity contribution is 0.341. The Balaban J connectivity index is 2.17. The fourth-order valence-electron chi connectivity index (χ4n) is 2.46. The molecule has 0 aliphatic rings. The van der Waals surface area contributed by atoms with Gasteiger partial charge in [0.2, 0.25) is 0 Å². The van der Waals surface area contributed by atoms with Gasteiger partial charge in [0.25, 0.3) is 5.56 Å². The van der Waals surface area contributed by atoms with E-state index in [9.17, 15) is 4.79 Å². The summed E-state index contributed by atoms with van der Waals surface area (Å²) in [5, 5.41) is 0.580. The molecule has 0 saturated heterocycles. The van der Waals surface area contributed by atoms with Crippen molar-refractivity contribution < 1.29 is 4.74 Å². The average Bonchev–Trinajstić information content (AvgIpc) is 2.85. The number of hydrogen-bond donors (Lipinski definition) is 0. The Hall–Kier alpha value is -2.47. The molecule has 0 spiro atoms. The van der Waals surface area contributed by atoms with Crippen LogP contribution >= 0.6 is 11.3 Å². The first-order valence-electron chi connectivity index (χ1n) is 6.60. The summed E-state index contributed by atoms with van der Waals surface area (Å²) in [7, 11) is 0. The molecule has 1 aromatic carbocycles. The molecule has 104 valence electrons. The second kappa shape index (κ2) is 4.53. The largest absolute Gasteiger partial charge is 0.494 e. The average molecular weight is 297 g/mol. The van der Waals surface area contributed by atoms with Gasteiger partial charge in [-0.15, -0.1) is 0 Å². The zero-order valence-electron chi connectivity index (χ0n) is 11.2. The summed E-state index contributed by atoms with van der Waals surface area (Å²) >= 11 is 1.47. The molecule has 3 aromatic heterocycles. The van der Waals surface area contributed by atoms with Gasteiger partial charge in [0.05, 0.1) is 33.9 Å². The van der Waals surface area contributed by atoms with Crippen molar-refractivity contribution in [2.45, 2.75) is 6.92 Å². The van der Waals surface area contributed by atoms with Crippen LogP contribution in [0.5, 0.6) is 5.75 Å². The fraction of sp³-hybridized carbons (Fsp3) is 0.133. The summed E-state index contributed by atoms with van der Waals surface area (Å²) < 4.78 is 8.53. The van der Waals surface area contributed by atoms with Gasteiger partial charge in [0.1, 0.15) is 5.75 Å². The standard InChI is InChI=1S/C15H11N3O2S/c1-2-20-9-3-4-11-13(7-9)21-15-17-14(19)10-5-6-16-8-12(10)18(11)15/h3-8H,2H2,1H3. The summed E-state index contributed by atoms with van der Waals surface area (Å²) in [5.74, 6) is 0.821. The Morgan fingerprint density at radius 3 is 3.05 bits per heavy atom. The molecule has 0 saturated carbocycles. The summed E-state index contributed by atoms with van der Waals surface area (Å²) in [4.78, 5) is 21.0. The molecular weight excluding hydrogens is 286 g/mol. The van der Waals surface area contributed by atoms with Gasteiger partial charge in [-0.2, -0.15) is 4.98 Å². The molecule has 21 heavy (non-hydrogen) atoms. The number of aromatic nitrogens is 3. The minimum Gasteiger partial charge on any atom is -0.494 e. The van der Waals surface area contributed by atoms with Gasteiger partial charge < -0.3 is 4.74 Å². The molecule has 0 fully saturated rings. The second-order valence-corrected chi connectivity index (χ2v) is 5.60. The molecule has 5 nitrogen and oxygen atoms in total. The predicted molar refractivity (Wildman–Crippen MR) is 83.3 cm³/mol. The molecule has 6 heteroatoms. The number of pyridine rings is 1. The van der Waals surface area contributed by atoms with Gasteiger partial charge in [-0.1, -0.05) is 11.3 Å². The Kier molecular flexibility index (Phi) is 2.65. The normalized spacial score (nSPS) is 11.5. The van der Waals surface area contributed by atoms with Crippen LogP contribution in [0.1, 0.15) is 6.92 Å². The van der Waals surface area contributed by atoms with E-state index in [1.165, 1.54) is 11.3 Å². The summed E-state index contributed by atoms with van der Waals surface area (Å²) in [6, 6.07) is 7.60. The maximum absolute atomic E-state index is 12.1. The highest BCUT2D eigenvalue weighted by Gasteiger charge is 2.11. The molecule has 0 atom stereocenters. The SMILES string of the molecule is CCOc1ccc2c(c1)sc1nc(=O)c3ccncc3n12. The molecule has 0 unspecified atom stereocenters. The van der Waals surface area contributed by atoms with Gasteiger partial charge in [0, 0.05) is 6.20 Å². The highest BCUT2D eigenvalue weighted by Crippen LogP contribution is 2.30. The first-order valence-corrected chi connectivity index (χ1v) is 7.41. The molecule has 0 bridgehead atoms. The Morgan fingerprint density at radius 2 is 2.19 bits per heavy atom. The maximum atomic E-state index is 12.1. The number of ether oxygens (including phenoxy) is 1. The lowest BCUT2D eigenvalue weighted by atomic mass is 10.3. The van der Waals surface area contributed by atoms with Crippen molar-refractivity contribution in [3.05, 3.63) is 47.0 Å². The quantitative estimate of drug-likeness (QED) is 0.571. The molecule has 0 amide bonds. The number of thiazole rings is 1. The number of nitrogens with zero attached hydrogens (tertiary/aromatic N) is 3. The molecule has 0 N–H and O–H groups in total. The smallest absolute Gasteiger partial charge is 0.281 e. The minimum atomic E-state index is -0.219. The number of fused-ring (bicyclic) bond motifs is 5. The van der Waals surface area contributed by atoms with Crippen LogP contribution in [0, 0.1) is 0 Å². The molecule has 0 aliphatic carbocycles. The van der Waals surface area contributed by atoms with Crippen LogP contribution in [0.15, 0.2) is 41.5 Å². The van der Waals surface area contributed by atoms with Crippen LogP contribution in [0.25, 0.3) is 26.1 Å². The molecule has 4 rings (SSSR count). The van der Waals surface area contributed by atoms with E-state index < -0.39 is 0 Å². The van der Waals surface area contributed by atoms with Crippen molar-refractivity contribution >= 4 is 37.4 Å². The van der Waals surface area contributed by atoms with Crippen LogP contribution < -0.4 is 10.3 Å². The van der Waals surface area contributed by atoms with Crippen LogP contribution in [-0.2, 0) is 0 Å². The molecule has 4 aromatic rings. The third-order valence-electron chi connectivity index (χ3n) is 3.34. The third-order valence-corrected chi connectivity index (χ3v) is 4.35. The van der Waals surface area contributed by atoms with Crippen molar-refractivity contribution in [3.63, 3.8) is 0 Å². The zero-order chi connectivity index (χ0) is 14.4. The monoisotopic (exact) mass is 297 g/mol. The molecule has 0 aliphatic heterocycles. The van der Waals surface area contributed by atoms with E-state index in [1.807, 2.05) is 29.5 Å². The summed E-state index contributed by atoms with van der Waals surface area (Å²) in [6.45, 7) is 2.58. The topological polar surface area (TPSA) is 56.5 Å². The van der Waals surface area contributed by atoms with Gasteiger partial charge in [-0.05, 0) is 31.2 Å². The van der Waals surface area contributed by atoms with E-state index in [1.54, 1.807) is 18.5 Å². The van der Waals surface area contributed by atoms with E-state index in [4.69, 9.17) is 4.74 Å². The van der Waals surface area contributed by atoms with E-state index in [0.717, 1.165) is 21.5 Å². The number of rotatable bonds is 2. The maximum Gasteiger partial charge on any atom is 0.281 e. The Bertz CT molecular complexity index is 1040. The summed E-state index contributed by atoms with van der Waals surface area (Å²) in [5.41, 5.74) is 1.57. The first kappa shape index (κ1) is 12.3. The predicted octanol–water partition coefficient (Wildman–Crippen LogP) is 2.86. The molecule has 0 radical (unpaired) electrons. The van der Waals surface area contributed by atoms with Gasteiger partial charge >= 0.3 is 0 Å².